The van der Waals surface area contributed by atoms with Gasteiger partial charge in [0.05, 0.1) is 6.04 Å². The van der Waals surface area contributed by atoms with E-state index in [1.54, 1.807) is 37.3 Å². The van der Waals surface area contributed by atoms with Crippen LogP contribution in [0.4, 0.5) is 11.4 Å². The molecule has 0 bridgehead atoms. The Kier molecular flexibility index (Phi) is 7.03. The molecular formula is C21H26ClN3O3S. The molecule has 0 radical (unpaired) electrons. The summed E-state index contributed by atoms with van der Waals surface area (Å²) in [5.41, 5.74) is 2.34. The van der Waals surface area contributed by atoms with Gasteiger partial charge < -0.3 is 10.2 Å². The first-order valence-corrected chi connectivity index (χ1v) is 11.8. The fraction of sp³-hybridized carbons (Fsp3) is 0.381. The number of sulfonamides is 1. The lowest BCUT2D eigenvalue weighted by atomic mass is 10.1. The van der Waals surface area contributed by atoms with Crippen molar-refractivity contribution < 1.29 is 13.2 Å². The molecule has 1 heterocycles. The Morgan fingerprint density at radius 2 is 1.79 bits per heavy atom. The standard InChI is InChI=1S/C21H26ClN3O3S/c1-16(17-6-5-7-18(22)14-17)23-21(26)15-29(27,28)24-19-8-10-20(11-9-19)25-12-3-2-4-13-25/h5-11,14,16,24H,2-4,12-13,15H2,1H3,(H,23,26). The Labute approximate surface area is 177 Å². The highest BCUT2D eigenvalue weighted by Gasteiger charge is 2.19. The van der Waals surface area contributed by atoms with Gasteiger partial charge in [0.25, 0.3) is 0 Å². The van der Waals surface area contributed by atoms with Crippen molar-refractivity contribution in [2.45, 2.75) is 32.2 Å². The second-order valence-electron chi connectivity index (χ2n) is 7.30. The SMILES string of the molecule is CC(NC(=O)CS(=O)(=O)Nc1ccc(N2CCCCC2)cc1)c1cccc(Cl)c1. The topological polar surface area (TPSA) is 78.5 Å². The number of halogens is 1. The van der Waals surface area contributed by atoms with E-state index in [0.29, 0.717) is 10.7 Å². The van der Waals surface area contributed by atoms with Crippen LogP contribution in [0, 0.1) is 0 Å². The number of anilines is 2. The molecule has 0 aromatic heterocycles. The third-order valence-corrected chi connectivity index (χ3v) is 6.33. The number of hydrogen-bond acceptors (Lipinski definition) is 4. The Hall–Kier alpha value is -2.25. The van der Waals surface area contributed by atoms with E-state index in [1.807, 2.05) is 18.2 Å². The second-order valence-corrected chi connectivity index (χ2v) is 9.46. The molecule has 2 aromatic carbocycles. The summed E-state index contributed by atoms with van der Waals surface area (Å²) in [7, 11) is -3.81. The van der Waals surface area contributed by atoms with Crippen LogP contribution in [0.5, 0.6) is 0 Å². The van der Waals surface area contributed by atoms with E-state index in [-0.39, 0.29) is 6.04 Å². The average molecular weight is 436 g/mol. The summed E-state index contributed by atoms with van der Waals surface area (Å²) in [5.74, 6) is -1.22. The highest BCUT2D eigenvalue weighted by atomic mass is 35.5. The number of benzene rings is 2. The number of carbonyl (C=O) groups excluding carboxylic acids is 1. The van der Waals surface area contributed by atoms with Gasteiger partial charge in [0.1, 0.15) is 5.75 Å². The maximum Gasteiger partial charge on any atom is 0.241 e. The zero-order valence-corrected chi connectivity index (χ0v) is 18.0. The number of hydrogen-bond donors (Lipinski definition) is 2. The quantitative estimate of drug-likeness (QED) is 0.690. The van der Waals surface area contributed by atoms with Crippen LogP contribution in [0.2, 0.25) is 5.02 Å². The molecule has 1 aliphatic rings. The number of nitrogens with zero attached hydrogens (tertiary/aromatic N) is 1. The zero-order valence-electron chi connectivity index (χ0n) is 16.4. The molecule has 0 aliphatic carbocycles. The van der Waals surface area contributed by atoms with E-state index in [2.05, 4.69) is 14.9 Å². The van der Waals surface area contributed by atoms with Crippen molar-refractivity contribution in [1.82, 2.24) is 5.32 Å². The van der Waals surface area contributed by atoms with Crippen LogP contribution in [0.1, 0.15) is 37.8 Å². The molecule has 0 saturated carbocycles. The summed E-state index contributed by atoms with van der Waals surface area (Å²) < 4.78 is 27.2. The van der Waals surface area contributed by atoms with Crippen molar-refractivity contribution in [1.29, 1.82) is 0 Å². The lowest BCUT2D eigenvalue weighted by molar-refractivity contribution is -0.119. The average Bonchev–Trinajstić information content (AvgIpc) is 2.68. The third-order valence-electron chi connectivity index (χ3n) is 4.91. The van der Waals surface area contributed by atoms with Gasteiger partial charge >= 0.3 is 0 Å². The molecule has 3 rings (SSSR count). The van der Waals surface area contributed by atoms with Crippen LogP contribution < -0.4 is 14.9 Å². The largest absolute Gasteiger partial charge is 0.372 e. The van der Waals surface area contributed by atoms with Gasteiger partial charge in [-0.3, -0.25) is 9.52 Å². The van der Waals surface area contributed by atoms with Crippen LogP contribution in [-0.4, -0.2) is 33.2 Å². The van der Waals surface area contributed by atoms with Crippen LogP contribution >= 0.6 is 11.6 Å². The summed E-state index contributed by atoms with van der Waals surface area (Å²) in [6, 6.07) is 14.0. The number of piperidine rings is 1. The van der Waals surface area contributed by atoms with E-state index in [0.717, 1.165) is 24.3 Å². The smallest absolute Gasteiger partial charge is 0.241 e. The maximum absolute atomic E-state index is 12.4. The molecule has 1 aliphatic heterocycles. The molecule has 0 spiro atoms. The van der Waals surface area contributed by atoms with Gasteiger partial charge in [0.15, 0.2) is 0 Å². The minimum atomic E-state index is -3.81. The highest BCUT2D eigenvalue weighted by Crippen LogP contribution is 2.22. The summed E-state index contributed by atoms with van der Waals surface area (Å²) in [6.45, 7) is 3.83. The molecule has 1 unspecified atom stereocenters. The Morgan fingerprint density at radius 3 is 2.45 bits per heavy atom. The Balaban J connectivity index is 1.55. The van der Waals surface area contributed by atoms with E-state index < -0.39 is 21.7 Å². The number of nitrogens with one attached hydrogen (secondary N) is 2. The van der Waals surface area contributed by atoms with Crippen molar-refractivity contribution in [2.24, 2.45) is 0 Å². The molecule has 1 saturated heterocycles. The highest BCUT2D eigenvalue weighted by molar-refractivity contribution is 7.93. The fourth-order valence-electron chi connectivity index (χ4n) is 3.42. The van der Waals surface area contributed by atoms with Crippen molar-refractivity contribution in [3.8, 4) is 0 Å². The molecule has 29 heavy (non-hydrogen) atoms. The van der Waals surface area contributed by atoms with Crippen LogP contribution in [-0.2, 0) is 14.8 Å². The first-order chi connectivity index (χ1) is 13.8. The molecule has 156 valence electrons. The lowest BCUT2D eigenvalue weighted by Gasteiger charge is -2.28. The molecule has 6 nitrogen and oxygen atoms in total. The monoisotopic (exact) mass is 435 g/mol. The van der Waals surface area contributed by atoms with Gasteiger partial charge in [0, 0.05) is 29.5 Å². The van der Waals surface area contributed by atoms with Gasteiger partial charge in [-0.15, -0.1) is 0 Å². The van der Waals surface area contributed by atoms with E-state index in [4.69, 9.17) is 11.6 Å². The van der Waals surface area contributed by atoms with E-state index in [1.165, 1.54) is 19.3 Å². The Morgan fingerprint density at radius 1 is 1.10 bits per heavy atom. The fourth-order valence-corrected chi connectivity index (χ4v) is 4.62. The molecule has 1 fully saturated rings. The van der Waals surface area contributed by atoms with Gasteiger partial charge in [0.2, 0.25) is 15.9 Å². The van der Waals surface area contributed by atoms with Crippen molar-refractivity contribution in [3.05, 3.63) is 59.1 Å². The van der Waals surface area contributed by atoms with Gasteiger partial charge in [-0.1, -0.05) is 23.7 Å². The first kappa shape index (κ1) is 21.5. The maximum atomic E-state index is 12.4. The minimum Gasteiger partial charge on any atom is -0.372 e. The molecule has 1 amide bonds. The van der Waals surface area contributed by atoms with Crippen LogP contribution in [0.3, 0.4) is 0 Å². The number of carbonyl (C=O) groups is 1. The van der Waals surface area contributed by atoms with Gasteiger partial charge in [-0.05, 0) is 68.1 Å². The molecule has 1 atom stereocenters. The van der Waals surface area contributed by atoms with E-state index >= 15 is 0 Å². The Bertz CT molecular complexity index is 942. The number of amides is 1. The molecule has 2 aromatic rings. The lowest BCUT2D eigenvalue weighted by Crippen LogP contribution is -2.34. The van der Waals surface area contributed by atoms with Crippen molar-refractivity contribution >= 4 is 38.9 Å². The normalized spacial score (nSPS) is 15.6. The molecular weight excluding hydrogens is 410 g/mol. The van der Waals surface area contributed by atoms with Crippen molar-refractivity contribution in [3.63, 3.8) is 0 Å². The zero-order chi connectivity index (χ0) is 20.9. The predicted molar refractivity (Wildman–Crippen MR) is 118 cm³/mol. The third kappa shape index (κ3) is 6.37. The summed E-state index contributed by atoms with van der Waals surface area (Å²) in [4.78, 5) is 14.5. The summed E-state index contributed by atoms with van der Waals surface area (Å²) in [5, 5.41) is 3.25. The van der Waals surface area contributed by atoms with Crippen molar-refractivity contribution in [2.75, 3.05) is 28.5 Å². The summed E-state index contributed by atoms with van der Waals surface area (Å²) >= 11 is 5.96. The first-order valence-electron chi connectivity index (χ1n) is 9.73. The molecule has 8 heteroatoms. The number of rotatable bonds is 7. The minimum absolute atomic E-state index is 0.347. The predicted octanol–water partition coefficient (Wildman–Crippen LogP) is 3.95. The molecule has 2 N–H and O–H groups in total. The van der Waals surface area contributed by atoms with Gasteiger partial charge in [-0.2, -0.15) is 0 Å². The van der Waals surface area contributed by atoms with Crippen LogP contribution in [0.15, 0.2) is 48.5 Å². The summed E-state index contributed by atoms with van der Waals surface area (Å²) in [6.07, 6.45) is 3.61. The second kappa shape index (κ2) is 9.50. The van der Waals surface area contributed by atoms with Gasteiger partial charge in [-0.25, -0.2) is 8.42 Å². The van der Waals surface area contributed by atoms with Crippen LogP contribution in [0.25, 0.3) is 0 Å². The van der Waals surface area contributed by atoms with E-state index in [9.17, 15) is 13.2 Å².